The van der Waals surface area contributed by atoms with Crippen LogP contribution < -0.4 is 10.7 Å². The predicted molar refractivity (Wildman–Crippen MR) is 108 cm³/mol. The minimum Gasteiger partial charge on any atom is -0.450 e. The molecule has 0 radical (unpaired) electrons. The second-order valence-corrected chi connectivity index (χ2v) is 7.04. The fourth-order valence-electron chi connectivity index (χ4n) is 2.48. The number of amides is 1. The van der Waals surface area contributed by atoms with Gasteiger partial charge >= 0.3 is 5.97 Å². The van der Waals surface area contributed by atoms with Crippen LogP contribution in [0.1, 0.15) is 16.1 Å². The van der Waals surface area contributed by atoms with Crippen molar-refractivity contribution in [2.45, 2.75) is 5.75 Å². The van der Waals surface area contributed by atoms with E-state index < -0.39 is 18.5 Å². The van der Waals surface area contributed by atoms with E-state index in [0.717, 1.165) is 17.6 Å². The smallest absolute Gasteiger partial charge is 0.374 e. The van der Waals surface area contributed by atoms with Gasteiger partial charge in [0.25, 0.3) is 5.91 Å². The van der Waals surface area contributed by atoms with Gasteiger partial charge in [-0.2, -0.15) is 11.8 Å². The number of benzene rings is 2. The van der Waals surface area contributed by atoms with E-state index in [9.17, 15) is 14.4 Å². The van der Waals surface area contributed by atoms with Gasteiger partial charge < -0.3 is 14.5 Å². The maximum Gasteiger partial charge on any atom is 0.374 e. The van der Waals surface area contributed by atoms with E-state index in [4.69, 9.17) is 9.15 Å². The summed E-state index contributed by atoms with van der Waals surface area (Å²) in [4.78, 5) is 35.8. The summed E-state index contributed by atoms with van der Waals surface area (Å²) in [6, 6.07) is 17.7. The molecule has 2 aromatic carbocycles. The molecule has 1 heterocycles. The Hall–Kier alpha value is -3.06. The van der Waals surface area contributed by atoms with Gasteiger partial charge in [0.2, 0.25) is 5.76 Å². The highest BCUT2D eigenvalue weighted by Gasteiger charge is 2.15. The number of nitrogens with one attached hydrogen (secondary N) is 1. The molecule has 0 saturated carbocycles. The molecule has 7 heteroatoms. The number of carbonyl (C=O) groups is 2. The summed E-state index contributed by atoms with van der Waals surface area (Å²) in [6.45, 7) is 0.0393. The molecule has 0 atom stereocenters. The third-order valence-corrected chi connectivity index (χ3v) is 4.88. The zero-order chi connectivity index (χ0) is 19.8. The van der Waals surface area contributed by atoms with Gasteiger partial charge in [-0.05, 0) is 17.7 Å². The lowest BCUT2D eigenvalue weighted by atomic mass is 10.2. The molecule has 0 fully saturated rings. The summed E-state index contributed by atoms with van der Waals surface area (Å²) in [5.74, 6) is 0.129. The Balaban J connectivity index is 1.40. The van der Waals surface area contributed by atoms with E-state index in [1.165, 1.54) is 5.56 Å². The lowest BCUT2D eigenvalue weighted by Crippen LogP contribution is -2.30. The second kappa shape index (κ2) is 9.75. The lowest BCUT2D eigenvalue weighted by molar-refractivity contribution is -0.124. The Morgan fingerprint density at radius 2 is 1.79 bits per heavy atom. The molecule has 6 nitrogen and oxygen atoms in total. The summed E-state index contributed by atoms with van der Waals surface area (Å²) in [7, 11) is 0. The van der Waals surface area contributed by atoms with Gasteiger partial charge in [-0.15, -0.1) is 0 Å². The Morgan fingerprint density at radius 1 is 1.04 bits per heavy atom. The fourth-order valence-corrected chi connectivity index (χ4v) is 3.30. The molecule has 0 unspecified atom stereocenters. The van der Waals surface area contributed by atoms with Crippen molar-refractivity contribution >= 4 is 34.6 Å². The van der Waals surface area contributed by atoms with Crippen LogP contribution in [0.4, 0.5) is 0 Å². The summed E-state index contributed by atoms with van der Waals surface area (Å²) in [5.41, 5.74) is 1.18. The number of fused-ring (bicyclic) bond motifs is 1. The van der Waals surface area contributed by atoms with Crippen molar-refractivity contribution < 1.29 is 18.7 Å². The van der Waals surface area contributed by atoms with Crippen LogP contribution in [0.25, 0.3) is 11.0 Å². The van der Waals surface area contributed by atoms with Crippen LogP contribution in [-0.2, 0) is 15.3 Å². The molecule has 0 spiro atoms. The van der Waals surface area contributed by atoms with Crippen LogP contribution >= 0.6 is 11.8 Å². The molecule has 0 bridgehead atoms. The maximum atomic E-state index is 12.0. The first-order chi connectivity index (χ1) is 13.6. The monoisotopic (exact) mass is 397 g/mol. The molecular formula is C21H19NO5S. The van der Waals surface area contributed by atoms with Crippen LogP contribution in [0, 0.1) is 0 Å². The van der Waals surface area contributed by atoms with E-state index in [1.54, 1.807) is 36.0 Å². The van der Waals surface area contributed by atoms with Gasteiger partial charge in [-0.3, -0.25) is 9.59 Å². The zero-order valence-corrected chi connectivity index (χ0v) is 15.9. The first-order valence-electron chi connectivity index (χ1n) is 8.72. The van der Waals surface area contributed by atoms with Crippen molar-refractivity contribution in [3.8, 4) is 0 Å². The molecule has 3 aromatic rings. The molecule has 28 heavy (non-hydrogen) atoms. The number of thioether (sulfide) groups is 1. The molecule has 1 aromatic heterocycles. The molecule has 0 aliphatic rings. The van der Waals surface area contributed by atoms with Crippen molar-refractivity contribution in [1.29, 1.82) is 0 Å². The molecule has 3 rings (SSSR count). The third-order valence-electron chi connectivity index (χ3n) is 3.85. The molecular weight excluding hydrogens is 378 g/mol. The Kier molecular flexibility index (Phi) is 6.86. The summed E-state index contributed by atoms with van der Waals surface area (Å²) >= 11 is 1.70. The van der Waals surface area contributed by atoms with E-state index in [-0.39, 0.29) is 11.2 Å². The minimum absolute atomic E-state index is 0.227. The molecule has 0 aliphatic heterocycles. The summed E-state index contributed by atoms with van der Waals surface area (Å²) in [5, 5.41) is 3.07. The van der Waals surface area contributed by atoms with Crippen molar-refractivity contribution in [2.75, 3.05) is 18.9 Å². The largest absolute Gasteiger partial charge is 0.450 e. The summed E-state index contributed by atoms with van der Waals surface area (Å²) in [6.07, 6.45) is 0. The number of esters is 1. The number of ether oxygens (including phenoxy) is 1. The molecule has 0 saturated heterocycles. The van der Waals surface area contributed by atoms with Crippen LogP contribution in [0.5, 0.6) is 0 Å². The van der Waals surface area contributed by atoms with E-state index in [0.29, 0.717) is 17.5 Å². The van der Waals surface area contributed by atoms with Gasteiger partial charge in [0.05, 0.1) is 5.39 Å². The first kappa shape index (κ1) is 19.7. The Morgan fingerprint density at radius 3 is 2.61 bits per heavy atom. The van der Waals surface area contributed by atoms with Gasteiger partial charge in [0, 0.05) is 24.1 Å². The second-order valence-electron chi connectivity index (χ2n) is 5.94. The zero-order valence-electron chi connectivity index (χ0n) is 15.1. The third kappa shape index (κ3) is 5.47. The van der Waals surface area contributed by atoms with Crippen molar-refractivity contribution in [3.05, 3.63) is 82.2 Å². The normalized spacial score (nSPS) is 10.6. The Bertz CT molecular complexity index is 1020. The topological polar surface area (TPSA) is 85.6 Å². The number of hydrogen-bond donors (Lipinski definition) is 1. The summed E-state index contributed by atoms with van der Waals surface area (Å²) < 4.78 is 10.3. The fraction of sp³-hybridized carbons (Fsp3) is 0.190. The van der Waals surface area contributed by atoms with E-state index >= 15 is 0 Å². The molecule has 0 aliphatic carbocycles. The number of rotatable bonds is 8. The van der Waals surface area contributed by atoms with Crippen LogP contribution in [0.15, 0.2) is 69.9 Å². The molecule has 144 valence electrons. The van der Waals surface area contributed by atoms with Crippen LogP contribution in [0.3, 0.4) is 0 Å². The number of carbonyl (C=O) groups excluding carboxylic acids is 2. The van der Waals surface area contributed by atoms with Crippen molar-refractivity contribution in [3.63, 3.8) is 0 Å². The quantitative estimate of drug-likeness (QED) is 0.465. The Labute approximate surface area is 165 Å². The van der Waals surface area contributed by atoms with Crippen molar-refractivity contribution in [1.82, 2.24) is 5.32 Å². The highest BCUT2D eigenvalue weighted by Crippen LogP contribution is 2.12. The van der Waals surface area contributed by atoms with E-state index in [2.05, 4.69) is 17.4 Å². The standard InChI is InChI=1S/C21H19NO5S/c23-17-12-19(27-18-9-5-4-8-16(17)18)21(25)26-13-20(24)22-10-11-28-14-15-6-2-1-3-7-15/h1-9,12H,10-11,13-14H2,(H,22,24). The number of para-hydroxylation sites is 1. The van der Waals surface area contributed by atoms with Gasteiger partial charge in [0.15, 0.2) is 12.0 Å². The molecule has 1 amide bonds. The molecule has 1 N–H and O–H groups in total. The van der Waals surface area contributed by atoms with Gasteiger partial charge in [0.1, 0.15) is 5.58 Å². The van der Waals surface area contributed by atoms with Crippen LogP contribution in [0.2, 0.25) is 0 Å². The van der Waals surface area contributed by atoms with E-state index in [1.807, 2.05) is 18.2 Å². The van der Waals surface area contributed by atoms with Crippen molar-refractivity contribution in [2.24, 2.45) is 0 Å². The number of hydrogen-bond acceptors (Lipinski definition) is 6. The lowest BCUT2D eigenvalue weighted by Gasteiger charge is -2.07. The average molecular weight is 397 g/mol. The first-order valence-corrected chi connectivity index (χ1v) is 9.87. The maximum absolute atomic E-state index is 12.0. The van der Waals surface area contributed by atoms with Crippen LogP contribution in [-0.4, -0.2) is 30.8 Å². The highest BCUT2D eigenvalue weighted by atomic mass is 32.2. The van der Waals surface area contributed by atoms with Gasteiger partial charge in [-0.1, -0.05) is 42.5 Å². The minimum atomic E-state index is -0.851. The van der Waals surface area contributed by atoms with Gasteiger partial charge in [-0.25, -0.2) is 4.79 Å². The highest BCUT2D eigenvalue weighted by molar-refractivity contribution is 7.98. The predicted octanol–water partition coefficient (Wildman–Crippen LogP) is 3.00. The SMILES string of the molecule is O=C(COC(=O)c1cc(=O)c2ccccc2o1)NCCSCc1ccccc1. The average Bonchev–Trinajstić information content (AvgIpc) is 2.72.